The van der Waals surface area contributed by atoms with Crippen LogP contribution in [-0.2, 0) is 4.79 Å². The number of nitrogens with zero attached hydrogens (tertiary/aromatic N) is 1. The number of aliphatic carboxylic acids is 1. The molecule has 0 aliphatic heterocycles. The summed E-state index contributed by atoms with van der Waals surface area (Å²) in [4.78, 5) is 27.0. The lowest BCUT2D eigenvalue weighted by molar-refractivity contribution is -0.137. The zero-order valence-corrected chi connectivity index (χ0v) is 8.85. The highest BCUT2D eigenvalue weighted by Crippen LogP contribution is 2.28. The third-order valence-corrected chi connectivity index (χ3v) is 2.64. The van der Waals surface area contributed by atoms with Gasteiger partial charge >= 0.3 is 5.97 Å². The van der Waals surface area contributed by atoms with Gasteiger partial charge in [-0.05, 0) is 25.0 Å². The molecule has 1 aliphatic carbocycles. The predicted molar refractivity (Wildman–Crippen MR) is 57.1 cm³/mol. The molecule has 0 spiro atoms. The van der Waals surface area contributed by atoms with Crippen LogP contribution in [0, 0.1) is 0 Å². The number of hydrogen-bond donors (Lipinski definition) is 2. The quantitative estimate of drug-likeness (QED) is 0.783. The first-order valence-corrected chi connectivity index (χ1v) is 5.34. The van der Waals surface area contributed by atoms with Gasteiger partial charge < -0.3 is 15.0 Å². The lowest BCUT2D eigenvalue weighted by atomic mass is 10.3. The molecule has 0 bridgehead atoms. The largest absolute Gasteiger partial charge is 0.481 e. The van der Waals surface area contributed by atoms with Crippen LogP contribution in [0.5, 0.6) is 0 Å². The monoisotopic (exact) mass is 222 g/mol. The number of rotatable bonds is 5. The third kappa shape index (κ3) is 2.42. The molecule has 1 aromatic heterocycles. The number of carboxylic acids is 1. The average molecular weight is 222 g/mol. The first-order valence-electron chi connectivity index (χ1n) is 5.34. The molecule has 1 aromatic rings. The van der Waals surface area contributed by atoms with Gasteiger partial charge in [-0.3, -0.25) is 9.59 Å². The summed E-state index contributed by atoms with van der Waals surface area (Å²) in [5.74, 6) is -0.973. The topological polar surface area (TPSA) is 73.4 Å². The molecule has 1 amide bonds. The lowest BCUT2D eigenvalue weighted by Gasteiger charge is -2.20. The van der Waals surface area contributed by atoms with E-state index in [1.165, 1.54) is 0 Å². The number of hydrogen-bond acceptors (Lipinski definition) is 2. The molecule has 2 rings (SSSR count). The molecule has 0 atom stereocenters. The molecule has 0 saturated heterocycles. The number of amides is 1. The maximum absolute atomic E-state index is 12.0. The minimum absolute atomic E-state index is 0.00293. The predicted octanol–water partition coefficient (Wildman–Crippen LogP) is 1.09. The van der Waals surface area contributed by atoms with E-state index < -0.39 is 5.97 Å². The Morgan fingerprint density at radius 2 is 2.25 bits per heavy atom. The fourth-order valence-corrected chi connectivity index (χ4v) is 1.67. The molecule has 0 unspecified atom stereocenters. The van der Waals surface area contributed by atoms with E-state index in [4.69, 9.17) is 5.11 Å². The van der Waals surface area contributed by atoms with Gasteiger partial charge in [0.1, 0.15) is 5.69 Å². The van der Waals surface area contributed by atoms with Crippen LogP contribution in [-0.4, -0.2) is 39.5 Å². The zero-order chi connectivity index (χ0) is 11.5. The normalized spacial score (nSPS) is 14.8. The number of carbonyl (C=O) groups is 2. The van der Waals surface area contributed by atoms with Gasteiger partial charge in [-0.25, -0.2) is 0 Å². The summed E-state index contributed by atoms with van der Waals surface area (Å²) in [6, 6.07) is 3.70. The standard InChI is InChI=1S/C11H14N2O3/c14-10(15)5-7-13(8-3-4-8)11(16)9-2-1-6-12-9/h1-2,6,8,12H,3-5,7H2,(H,14,15). The van der Waals surface area contributed by atoms with Crippen molar-refractivity contribution in [2.45, 2.75) is 25.3 Å². The average Bonchev–Trinajstić information content (AvgIpc) is 2.93. The van der Waals surface area contributed by atoms with Crippen molar-refractivity contribution in [3.8, 4) is 0 Å². The summed E-state index contributed by atoms with van der Waals surface area (Å²) < 4.78 is 0. The van der Waals surface area contributed by atoms with Gasteiger partial charge in [0.2, 0.25) is 0 Å². The Kier molecular flexibility index (Phi) is 2.94. The van der Waals surface area contributed by atoms with Crippen molar-refractivity contribution >= 4 is 11.9 Å². The van der Waals surface area contributed by atoms with Crippen LogP contribution < -0.4 is 0 Å². The van der Waals surface area contributed by atoms with Crippen LogP contribution in [0.2, 0.25) is 0 Å². The second-order valence-electron chi connectivity index (χ2n) is 3.96. The maximum atomic E-state index is 12.0. The molecule has 16 heavy (non-hydrogen) atoms. The lowest BCUT2D eigenvalue weighted by Crippen LogP contribution is -2.35. The van der Waals surface area contributed by atoms with Crippen molar-refractivity contribution in [2.24, 2.45) is 0 Å². The van der Waals surface area contributed by atoms with Gasteiger partial charge in [-0.15, -0.1) is 0 Å². The van der Waals surface area contributed by atoms with E-state index in [-0.39, 0.29) is 24.9 Å². The number of carboxylic acid groups (broad SMARTS) is 1. The summed E-state index contributed by atoms with van der Waals surface area (Å²) in [5, 5.41) is 8.63. The molecule has 1 fully saturated rings. The Labute approximate surface area is 93.1 Å². The van der Waals surface area contributed by atoms with Gasteiger partial charge in [0.25, 0.3) is 5.91 Å². The summed E-state index contributed by atoms with van der Waals surface area (Å²) in [6.07, 6.45) is 3.65. The number of H-pyrrole nitrogens is 1. The molecule has 5 heteroatoms. The van der Waals surface area contributed by atoms with Crippen molar-refractivity contribution in [1.82, 2.24) is 9.88 Å². The van der Waals surface area contributed by atoms with E-state index in [1.54, 1.807) is 23.2 Å². The second-order valence-corrected chi connectivity index (χ2v) is 3.96. The van der Waals surface area contributed by atoms with Crippen molar-refractivity contribution in [3.05, 3.63) is 24.0 Å². The molecule has 1 saturated carbocycles. The van der Waals surface area contributed by atoms with Crippen LogP contribution in [0.3, 0.4) is 0 Å². The molecule has 1 aliphatic rings. The fraction of sp³-hybridized carbons (Fsp3) is 0.455. The summed E-state index contributed by atoms with van der Waals surface area (Å²) in [5.41, 5.74) is 0.525. The van der Waals surface area contributed by atoms with Crippen molar-refractivity contribution in [3.63, 3.8) is 0 Å². The minimum atomic E-state index is -0.870. The molecular weight excluding hydrogens is 208 g/mol. The van der Waals surface area contributed by atoms with Crippen molar-refractivity contribution in [1.29, 1.82) is 0 Å². The second kappa shape index (κ2) is 4.38. The highest BCUT2D eigenvalue weighted by Gasteiger charge is 2.33. The minimum Gasteiger partial charge on any atom is -0.481 e. The Bertz CT molecular complexity index is 382. The Morgan fingerprint density at radius 3 is 2.75 bits per heavy atom. The van der Waals surface area contributed by atoms with Crippen molar-refractivity contribution < 1.29 is 14.7 Å². The van der Waals surface area contributed by atoms with Crippen LogP contribution >= 0.6 is 0 Å². The van der Waals surface area contributed by atoms with Crippen molar-refractivity contribution in [2.75, 3.05) is 6.54 Å². The van der Waals surface area contributed by atoms with Gasteiger partial charge in [0, 0.05) is 18.8 Å². The highest BCUT2D eigenvalue weighted by molar-refractivity contribution is 5.93. The maximum Gasteiger partial charge on any atom is 0.305 e. The van der Waals surface area contributed by atoms with Gasteiger partial charge in [0.15, 0.2) is 0 Å². The third-order valence-electron chi connectivity index (χ3n) is 2.64. The zero-order valence-electron chi connectivity index (χ0n) is 8.85. The van der Waals surface area contributed by atoms with E-state index in [9.17, 15) is 9.59 Å². The fourth-order valence-electron chi connectivity index (χ4n) is 1.67. The van der Waals surface area contributed by atoms with E-state index in [0.29, 0.717) is 5.69 Å². The summed E-state index contributed by atoms with van der Waals surface area (Å²) in [7, 11) is 0. The van der Waals surface area contributed by atoms with E-state index in [0.717, 1.165) is 12.8 Å². The first kappa shape index (κ1) is 10.7. The van der Waals surface area contributed by atoms with Crippen LogP contribution in [0.15, 0.2) is 18.3 Å². The molecule has 86 valence electrons. The number of aromatic amines is 1. The number of carbonyl (C=O) groups excluding carboxylic acids is 1. The molecule has 0 radical (unpaired) electrons. The van der Waals surface area contributed by atoms with Gasteiger partial charge in [0.05, 0.1) is 6.42 Å². The molecule has 1 heterocycles. The van der Waals surface area contributed by atoms with Crippen LogP contribution in [0.1, 0.15) is 29.8 Å². The Balaban J connectivity index is 2.01. The van der Waals surface area contributed by atoms with Crippen LogP contribution in [0.25, 0.3) is 0 Å². The summed E-state index contributed by atoms with van der Waals surface area (Å²) >= 11 is 0. The van der Waals surface area contributed by atoms with Gasteiger partial charge in [-0.1, -0.05) is 0 Å². The number of nitrogens with one attached hydrogen (secondary N) is 1. The number of aromatic nitrogens is 1. The smallest absolute Gasteiger partial charge is 0.305 e. The Hall–Kier alpha value is -1.78. The molecule has 5 nitrogen and oxygen atoms in total. The SMILES string of the molecule is O=C(O)CCN(C(=O)c1ccc[nH]1)C1CC1. The Morgan fingerprint density at radius 1 is 1.50 bits per heavy atom. The first-order chi connectivity index (χ1) is 7.68. The molecule has 2 N–H and O–H groups in total. The van der Waals surface area contributed by atoms with Crippen LogP contribution in [0.4, 0.5) is 0 Å². The van der Waals surface area contributed by atoms with E-state index in [2.05, 4.69) is 4.98 Å². The van der Waals surface area contributed by atoms with Gasteiger partial charge in [-0.2, -0.15) is 0 Å². The summed E-state index contributed by atoms with van der Waals surface area (Å²) in [6.45, 7) is 0.290. The van der Waals surface area contributed by atoms with E-state index in [1.807, 2.05) is 0 Å². The van der Waals surface area contributed by atoms with E-state index >= 15 is 0 Å². The highest BCUT2D eigenvalue weighted by atomic mass is 16.4. The molecule has 0 aromatic carbocycles. The molecular formula is C11H14N2O3.